The number of nitrogens with zero attached hydrogens (tertiary/aromatic N) is 1. The number of hydrogen-bond donors (Lipinski definition) is 1. The maximum Gasteiger partial charge on any atom is 0.251 e. The second kappa shape index (κ2) is 6.54. The number of nitrogens with two attached hydrogens (primary N) is 1. The van der Waals surface area contributed by atoms with Crippen LogP contribution in [-0.4, -0.2) is 10.5 Å². The van der Waals surface area contributed by atoms with Crippen molar-refractivity contribution in [2.75, 3.05) is 0 Å². The molecule has 0 spiro atoms. The van der Waals surface area contributed by atoms with Crippen molar-refractivity contribution in [1.82, 2.24) is 4.57 Å². The highest BCUT2D eigenvalue weighted by Gasteiger charge is 2.22. The Kier molecular flexibility index (Phi) is 4.45. The Morgan fingerprint density at radius 2 is 1.75 bits per heavy atom. The Morgan fingerprint density at radius 3 is 2.38 bits per heavy atom. The molecule has 4 heteroatoms. The highest BCUT2D eigenvalue weighted by atomic mass is 35.5. The molecule has 0 fully saturated rings. The summed E-state index contributed by atoms with van der Waals surface area (Å²) in [5.74, 6) is -0.403. The van der Waals surface area contributed by atoms with Crippen LogP contribution in [0.4, 0.5) is 0 Å². The van der Waals surface area contributed by atoms with Gasteiger partial charge in [0.2, 0.25) is 0 Å². The highest BCUT2D eigenvalue weighted by Crippen LogP contribution is 2.32. The summed E-state index contributed by atoms with van der Waals surface area (Å²) in [5.41, 5.74) is 11.1. The molecule has 0 aliphatic rings. The third kappa shape index (κ3) is 2.95. The van der Waals surface area contributed by atoms with Crippen molar-refractivity contribution < 1.29 is 4.79 Å². The van der Waals surface area contributed by atoms with Crippen molar-refractivity contribution in [3.8, 4) is 11.1 Å². The van der Waals surface area contributed by atoms with E-state index in [2.05, 4.69) is 4.57 Å². The zero-order chi connectivity index (χ0) is 17.3. The molecule has 0 saturated carbocycles. The molecular weight excluding hydrogens is 320 g/mol. The number of carbonyl (C=O) groups excluding carboxylic acids is 1. The predicted octanol–water partition coefficient (Wildman–Crippen LogP) is 4.57. The van der Waals surface area contributed by atoms with Crippen LogP contribution in [0.15, 0.2) is 54.6 Å². The fourth-order valence-electron chi connectivity index (χ4n) is 3.20. The Hall–Kier alpha value is -2.52. The third-order valence-electron chi connectivity index (χ3n) is 4.32. The highest BCUT2D eigenvalue weighted by molar-refractivity contribution is 6.30. The van der Waals surface area contributed by atoms with Gasteiger partial charge >= 0.3 is 0 Å². The maximum absolute atomic E-state index is 12.1. The first-order valence-corrected chi connectivity index (χ1v) is 8.16. The molecular formula is C20H19ClN2O. The Bertz CT molecular complexity index is 898. The number of amides is 1. The van der Waals surface area contributed by atoms with Crippen LogP contribution in [0.25, 0.3) is 11.1 Å². The molecule has 2 N–H and O–H groups in total. The predicted molar refractivity (Wildman–Crippen MR) is 98.4 cm³/mol. The van der Waals surface area contributed by atoms with Crippen LogP contribution >= 0.6 is 11.6 Å². The molecule has 0 radical (unpaired) electrons. The van der Waals surface area contributed by atoms with Crippen LogP contribution in [0, 0.1) is 13.8 Å². The summed E-state index contributed by atoms with van der Waals surface area (Å²) in [6, 6.07) is 17.6. The van der Waals surface area contributed by atoms with E-state index in [4.69, 9.17) is 17.3 Å². The smallest absolute Gasteiger partial charge is 0.251 e. The molecule has 0 aliphatic heterocycles. The van der Waals surface area contributed by atoms with Gasteiger partial charge in [-0.1, -0.05) is 54.1 Å². The first-order valence-electron chi connectivity index (χ1n) is 7.78. The zero-order valence-electron chi connectivity index (χ0n) is 13.7. The standard InChI is InChI=1S/C20H19ClN2O/c1-13-18(16-8-4-3-5-9-16)19(20(22)24)14(2)23(13)12-15-7-6-10-17(21)11-15/h3-11H,12H2,1-2H3,(H2,22,24). The van der Waals surface area contributed by atoms with Crippen LogP contribution in [-0.2, 0) is 6.54 Å². The van der Waals surface area contributed by atoms with Crippen molar-refractivity contribution >= 4 is 17.5 Å². The van der Waals surface area contributed by atoms with Gasteiger partial charge in [0.05, 0.1) is 5.56 Å². The van der Waals surface area contributed by atoms with Crippen LogP contribution in [0.2, 0.25) is 5.02 Å². The van der Waals surface area contributed by atoms with E-state index in [1.807, 2.05) is 68.4 Å². The lowest BCUT2D eigenvalue weighted by molar-refractivity contribution is 0.1000. The molecule has 24 heavy (non-hydrogen) atoms. The summed E-state index contributed by atoms with van der Waals surface area (Å²) in [6.07, 6.45) is 0. The van der Waals surface area contributed by atoms with Gasteiger partial charge in [0, 0.05) is 28.5 Å². The molecule has 122 valence electrons. The molecule has 3 rings (SSSR count). The molecule has 1 amide bonds. The number of aromatic nitrogens is 1. The minimum atomic E-state index is -0.403. The normalized spacial score (nSPS) is 10.8. The quantitative estimate of drug-likeness (QED) is 0.744. The second-order valence-electron chi connectivity index (χ2n) is 5.87. The number of carbonyl (C=O) groups is 1. The van der Waals surface area contributed by atoms with E-state index in [0.29, 0.717) is 17.1 Å². The van der Waals surface area contributed by atoms with Crippen molar-refractivity contribution in [3.63, 3.8) is 0 Å². The zero-order valence-corrected chi connectivity index (χ0v) is 14.5. The number of hydrogen-bond acceptors (Lipinski definition) is 1. The van der Waals surface area contributed by atoms with Crippen LogP contribution in [0.3, 0.4) is 0 Å². The average Bonchev–Trinajstić information content (AvgIpc) is 2.80. The van der Waals surface area contributed by atoms with Crippen molar-refractivity contribution in [1.29, 1.82) is 0 Å². The van der Waals surface area contributed by atoms with Gasteiger partial charge in [-0.15, -0.1) is 0 Å². The summed E-state index contributed by atoms with van der Waals surface area (Å²) >= 11 is 6.09. The topological polar surface area (TPSA) is 48.0 Å². The van der Waals surface area contributed by atoms with Gasteiger partial charge in [-0.25, -0.2) is 0 Å². The van der Waals surface area contributed by atoms with E-state index in [1.165, 1.54) is 0 Å². The molecule has 0 saturated heterocycles. The molecule has 1 heterocycles. The second-order valence-corrected chi connectivity index (χ2v) is 6.30. The van der Waals surface area contributed by atoms with Crippen molar-refractivity contribution in [2.24, 2.45) is 5.73 Å². The van der Waals surface area contributed by atoms with E-state index in [0.717, 1.165) is 28.1 Å². The minimum Gasteiger partial charge on any atom is -0.366 e. The Balaban J connectivity index is 2.16. The molecule has 0 aliphatic carbocycles. The lowest BCUT2D eigenvalue weighted by Crippen LogP contribution is -2.13. The van der Waals surface area contributed by atoms with Gasteiger partial charge in [0.25, 0.3) is 5.91 Å². The number of rotatable bonds is 4. The first kappa shape index (κ1) is 16.3. The number of primary amides is 1. The van der Waals surface area contributed by atoms with Gasteiger partial charge in [-0.05, 0) is 37.1 Å². The monoisotopic (exact) mass is 338 g/mol. The first-order chi connectivity index (χ1) is 11.5. The van der Waals surface area contributed by atoms with E-state index in [9.17, 15) is 4.79 Å². The summed E-state index contributed by atoms with van der Waals surface area (Å²) in [7, 11) is 0. The van der Waals surface area contributed by atoms with E-state index in [1.54, 1.807) is 0 Å². The van der Waals surface area contributed by atoms with E-state index < -0.39 is 5.91 Å². The maximum atomic E-state index is 12.1. The van der Waals surface area contributed by atoms with Crippen molar-refractivity contribution in [2.45, 2.75) is 20.4 Å². The molecule has 0 atom stereocenters. The van der Waals surface area contributed by atoms with E-state index >= 15 is 0 Å². The Labute approximate surface area is 146 Å². The van der Waals surface area contributed by atoms with Gasteiger partial charge in [-0.3, -0.25) is 4.79 Å². The van der Waals surface area contributed by atoms with Crippen LogP contribution < -0.4 is 5.73 Å². The molecule has 0 unspecified atom stereocenters. The molecule has 0 bridgehead atoms. The average molecular weight is 339 g/mol. The van der Waals surface area contributed by atoms with Crippen LogP contribution in [0.5, 0.6) is 0 Å². The van der Waals surface area contributed by atoms with Gasteiger partial charge in [0.15, 0.2) is 0 Å². The fraction of sp³-hybridized carbons (Fsp3) is 0.150. The summed E-state index contributed by atoms with van der Waals surface area (Å²) in [6.45, 7) is 4.60. The number of benzene rings is 2. The van der Waals surface area contributed by atoms with Gasteiger partial charge < -0.3 is 10.3 Å². The minimum absolute atomic E-state index is 0.403. The summed E-state index contributed by atoms with van der Waals surface area (Å²) < 4.78 is 2.12. The fourth-order valence-corrected chi connectivity index (χ4v) is 3.41. The lowest BCUT2D eigenvalue weighted by atomic mass is 10.0. The third-order valence-corrected chi connectivity index (χ3v) is 4.56. The van der Waals surface area contributed by atoms with E-state index in [-0.39, 0.29) is 0 Å². The van der Waals surface area contributed by atoms with Gasteiger partial charge in [0.1, 0.15) is 0 Å². The largest absolute Gasteiger partial charge is 0.366 e. The molecule has 2 aromatic carbocycles. The van der Waals surface area contributed by atoms with Crippen LogP contribution in [0.1, 0.15) is 27.3 Å². The lowest BCUT2D eigenvalue weighted by Gasteiger charge is -2.10. The Morgan fingerprint density at radius 1 is 1.04 bits per heavy atom. The summed E-state index contributed by atoms with van der Waals surface area (Å²) in [4.78, 5) is 12.1. The molecule has 1 aromatic heterocycles. The molecule has 3 aromatic rings. The summed E-state index contributed by atoms with van der Waals surface area (Å²) in [5, 5.41) is 0.702. The number of halogens is 1. The van der Waals surface area contributed by atoms with Crippen molar-refractivity contribution in [3.05, 3.63) is 82.1 Å². The SMILES string of the molecule is Cc1c(C(N)=O)c(-c2ccccc2)c(C)n1Cc1cccc(Cl)c1. The van der Waals surface area contributed by atoms with Gasteiger partial charge in [-0.2, -0.15) is 0 Å². The molecule has 3 nitrogen and oxygen atoms in total.